The zero-order valence-electron chi connectivity index (χ0n) is 27.7. The largest absolute Gasteiger partial charge is 0.399 e. The Morgan fingerprint density at radius 3 is 2.39 bits per heavy atom. The van der Waals surface area contributed by atoms with Gasteiger partial charge >= 0.3 is 0 Å². The maximum absolute atomic E-state index is 13.8. The number of carbonyl (C=O) groups is 5. The summed E-state index contributed by atoms with van der Waals surface area (Å²) in [5.74, 6) is -2.54. The number of nitrogen functional groups attached to an aromatic ring is 1. The van der Waals surface area contributed by atoms with E-state index >= 15 is 0 Å². The normalized spacial score (nSPS) is 18.2. The minimum atomic E-state index is -1.43. The van der Waals surface area contributed by atoms with Crippen LogP contribution in [0, 0.1) is 23.2 Å². The van der Waals surface area contributed by atoms with Crippen molar-refractivity contribution in [2.45, 2.75) is 83.3 Å². The number of likely N-dealkylation sites (tertiary alicyclic amines) is 1. The highest BCUT2D eigenvalue weighted by Gasteiger charge is 2.42. The van der Waals surface area contributed by atoms with Gasteiger partial charge in [-0.05, 0) is 36.5 Å². The number of ether oxygens (including phenoxy) is 2. The van der Waals surface area contributed by atoms with Crippen LogP contribution in [0.4, 0.5) is 5.69 Å². The highest BCUT2D eigenvalue weighted by Crippen LogP contribution is 2.29. The molecule has 5 N–H and O–H groups in total. The van der Waals surface area contributed by atoms with Crippen molar-refractivity contribution < 1.29 is 33.4 Å². The van der Waals surface area contributed by atoms with Crippen LogP contribution in [-0.4, -0.2) is 105 Å². The van der Waals surface area contributed by atoms with Gasteiger partial charge in [0.25, 0.3) is 5.91 Å². The summed E-state index contributed by atoms with van der Waals surface area (Å²) in [6.45, 7) is 6.04. The van der Waals surface area contributed by atoms with Crippen molar-refractivity contribution in [3.8, 4) is 6.07 Å². The molecule has 14 heteroatoms. The smallest absolute Gasteiger partial charge is 0.257 e. The summed E-state index contributed by atoms with van der Waals surface area (Å²) >= 11 is 0. The molecule has 0 radical (unpaired) electrons. The second kappa shape index (κ2) is 18.7. The maximum atomic E-state index is 13.8. The van der Waals surface area contributed by atoms with E-state index in [1.807, 2.05) is 19.9 Å². The van der Waals surface area contributed by atoms with Gasteiger partial charge in [0.05, 0.1) is 49.2 Å². The Bertz CT molecular complexity index is 1220. The number of nitrogens with zero attached hydrogens (tertiary/aromatic N) is 3. The summed E-state index contributed by atoms with van der Waals surface area (Å²) in [5.41, 5.74) is 7.06. The minimum absolute atomic E-state index is 0.00971. The number of rotatable bonds is 18. The lowest BCUT2D eigenvalue weighted by atomic mass is 9.90. The van der Waals surface area contributed by atoms with Crippen LogP contribution in [0.3, 0.4) is 0 Å². The van der Waals surface area contributed by atoms with Crippen molar-refractivity contribution in [2.75, 3.05) is 40.1 Å². The van der Waals surface area contributed by atoms with Crippen LogP contribution in [0.15, 0.2) is 24.3 Å². The summed E-state index contributed by atoms with van der Waals surface area (Å²) in [5, 5.41) is 17.2. The Morgan fingerprint density at radius 2 is 1.83 bits per heavy atom. The molecule has 5 amide bonds. The van der Waals surface area contributed by atoms with Crippen LogP contribution in [0.5, 0.6) is 0 Å². The van der Waals surface area contributed by atoms with E-state index in [1.54, 1.807) is 43.1 Å². The molecule has 7 unspecified atom stereocenters. The zero-order chi connectivity index (χ0) is 34.4. The summed E-state index contributed by atoms with van der Waals surface area (Å²) in [7, 11) is 4.59. The number of hydrogen-bond acceptors (Lipinski definition) is 9. The highest BCUT2D eigenvalue weighted by atomic mass is 16.5. The van der Waals surface area contributed by atoms with Gasteiger partial charge in [-0.2, -0.15) is 5.26 Å². The highest BCUT2D eigenvalue weighted by molar-refractivity contribution is 5.90. The Balaban J connectivity index is 2.12. The first-order chi connectivity index (χ1) is 21.9. The molecular formula is C32H49N7O7. The first-order valence-corrected chi connectivity index (χ1v) is 15.5. The molecule has 2 rings (SSSR count). The molecule has 0 bridgehead atoms. The topological polar surface area (TPSA) is 196 Å². The number of carbonyl (C=O) groups excluding carboxylic acids is 5. The van der Waals surface area contributed by atoms with Crippen LogP contribution in [0.2, 0.25) is 0 Å². The number of likely N-dealkylation sites (N-methyl/N-ethyl adjacent to an activating group) is 1. The third kappa shape index (κ3) is 10.1. The van der Waals surface area contributed by atoms with Gasteiger partial charge in [0.2, 0.25) is 24.1 Å². The average Bonchev–Trinajstić information content (AvgIpc) is 3.54. The maximum Gasteiger partial charge on any atom is 0.257 e. The molecular weight excluding hydrogens is 594 g/mol. The second-order valence-electron chi connectivity index (χ2n) is 11.7. The Kier molecular flexibility index (Phi) is 15.4. The van der Waals surface area contributed by atoms with Crippen LogP contribution in [-0.2, 0) is 40.0 Å². The van der Waals surface area contributed by atoms with Crippen LogP contribution in [0.25, 0.3) is 0 Å². The van der Waals surface area contributed by atoms with Gasteiger partial charge in [-0.1, -0.05) is 39.3 Å². The van der Waals surface area contributed by atoms with E-state index in [2.05, 4.69) is 16.0 Å². The molecule has 7 atom stereocenters. The summed E-state index contributed by atoms with van der Waals surface area (Å²) < 4.78 is 11.5. The lowest BCUT2D eigenvalue weighted by Crippen LogP contribution is -2.54. The van der Waals surface area contributed by atoms with E-state index in [1.165, 1.54) is 19.1 Å². The van der Waals surface area contributed by atoms with Crippen molar-refractivity contribution in [2.24, 2.45) is 11.8 Å². The first kappa shape index (κ1) is 38.0. The molecule has 1 fully saturated rings. The molecule has 1 heterocycles. The molecule has 1 aromatic carbocycles. The van der Waals surface area contributed by atoms with E-state index in [0.29, 0.717) is 31.5 Å². The van der Waals surface area contributed by atoms with Gasteiger partial charge in [0, 0.05) is 40.0 Å². The van der Waals surface area contributed by atoms with Crippen LogP contribution < -0.4 is 21.7 Å². The molecule has 1 aliphatic heterocycles. The number of nitriles is 1. The molecule has 0 saturated carbocycles. The number of methoxy groups -OCH3 is 2. The van der Waals surface area contributed by atoms with Crippen molar-refractivity contribution in [3.05, 3.63) is 29.8 Å². The Morgan fingerprint density at radius 1 is 1.15 bits per heavy atom. The van der Waals surface area contributed by atoms with Crippen LogP contribution >= 0.6 is 0 Å². The standard InChI is InChI=1S/C32H49N7O7/c1-7-20(2)29(38(4)28(42)18-35-19-40)26(45-5)15-27(41)39-14-8-9-25(39)30(46-6)21(3)31(43)37-24(16-33)32(44)36-17-22-10-12-23(34)13-11-22/h10-13,19-21,24-26,29-30H,7-9,14-15,17-18,34H2,1-6H3,(H,35,40)(H,36,44)(H,37,43). The lowest BCUT2D eigenvalue weighted by molar-refractivity contribution is -0.145. The van der Waals surface area contributed by atoms with Gasteiger partial charge in [0.1, 0.15) is 0 Å². The fraction of sp³-hybridized carbons (Fsp3) is 0.625. The van der Waals surface area contributed by atoms with Gasteiger partial charge in [-0.3, -0.25) is 24.0 Å². The van der Waals surface area contributed by atoms with Gasteiger partial charge < -0.3 is 41.0 Å². The van der Waals surface area contributed by atoms with E-state index < -0.39 is 48.1 Å². The van der Waals surface area contributed by atoms with Crippen molar-refractivity contribution in [3.63, 3.8) is 0 Å². The van der Waals surface area contributed by atoms with Crippen molar-refractivity contribution >= 4 is 35.7 Å². The SMILES string of the molecule is CCC(C)C(C(CC(=O)N1CCCC1C(OC)C(C)C(=O)NC(C#N)C(=O)NCc1ccc(N)cc1)OC)N(C)C(=O)CNC=O. The quantitative estimate of drug-likeness (QED) is 0.131. The molecule has 1 aromatic rings. The number of anilines is 1. The number of nitrogens with one attached hydrogen (secondary N) is 3. The summed E-state index contributed by atoms with van der Waals surface area (Å²) in [6, 6.07) is 6.43. The lowest BCUT2D eigenvalue weighted by Gasteiger charge is -2.39. The summed E-state index contributed by atoms with van der Waals surface area (Å²) in [4.78, 5) is 66.4. The van der Waals surface area contributed by atoms with E-state index in [-0.39, 0.29) is 37.2 Å². The zero-order valence-corrected chi connectivity index (χ0v) is 27.7. The average molecular weight is 644 g/mol. The number of hydrogen-bond donors (Lipinski definition) is 4. The Labute approximate surface area is 271 Å². The molecule has 46 heavy (non-hydrogen) atoms. The number of amides is 5. The van der Waals surface area contributed by atoms with E-state index in [4.69, 9.17) is 15.2 Å². The van der Waals surface area contributed by atoms with Crippen LogP contribution in [0.1, 0.15) is 52.0 Å². The van der Waals surface area contributed by atoms with Crippen molar-refractivity contribution in [1.82, 2.24) is 25.8 Å². The number of nitrogens with two attached hydrogens (primary N) is 1. The second-order valence-corrected chi connectivity index (χ2v) is 11.7. The van der Waals surface area contributed by atoms with Gasteiger partial charge in [0.15, 0.2) is 6.04 Å². The van der Waals surface area contributed by atoms with Crippen molar-refractivity contribution in [1.29, 1.82) is 5.26 Å². The fourth-order valence-electron chi connectivity index (χ4n) is 5.94. The third-order valence-corrected chi connectivity index (χ3v) is 8.77. The molecule has 1 saturated heterocycles. The monoisotopic (exact) mass is 643 g/mol. The molecule has 254 valence electrons. The van der Waals surface area contributed by atoms with E-state index in [0.717, 1.165) is 12.0 Å². The third-order valence-electron chi connectivity index (χ3n) is 8.77. The minimum Gasteiger partial charge on any atom is -0.399 e. The summed E-state index contributed by atoms with van der Waals surface area (Å²) in [6.07, 6.45) is 1.12. The predicted molar refractivity (Wildman–Crippen MR) is 170 cm³/mol. The molecule has 0 aliphatic carbocycles. The first-order valence-electron chi connectivity index (χ1n) is 15.5. The van der Waals surface area contributed by atoms with E-state index in [9.17, 15) is 29.2 Å². The molecule has 1 aliphatic rings. The number of benzene rings is 1. The molecule has 0 aromatic heterocycles. The molecule has 14 nitrogen and oxygen atoms in total. The predicted octanol–water partition coefficient (Wildman–Crippen LogP) is 0.560. The van der Waals surface area contributed by atoms with Gasteiger partial charge in [-0.25, -0.2) is 0 Å². The van der Waals surface area contributed by atoms with Gasteiger partial charge in [-0.15, -0.1) is 0 Å². The molecule has 0 spiro atoms. The fourth-order valence-corrected chi connectivity index (χ4v) is 5.94. The Hall–Kier alpha value is -4.22.